The van der Waals surface area contributed by atoms with Crippen LogP contribution in [0.3, 0.4) is 0 Å². The van der Waals surface area contributed by atoms with Crippen LogP contribution >= 0.6 is 0 Å². The molecule has 1 aliphatic heterocycles. The third-order valence-corrected chi connectivity index (χ3v) is 5.64. The molecule has 1 aliphatic rings. The minimum Gasteiger partial charge on any atom is -0.370 e. The van der Waals surface area contributed by atoms with Crippen molar-refractivity contribution in [2.24, 2.45) is 0 Å². The average Bonchev–Trinajstić information content (AvgIpc) is 3.10. The lowest BCUT2D eigenvalue weighted by Gasteiger charge is -2.33. The highest BCUT2D eigenvalue weighted by molar-refractivity contribution is 7.89. The van der Waals surface area contributed by atoms with E-state index in [1.807, 2.05) is 24.8 Å². The third kappa shape index (κ3) is 3.34. The van der Waals surface area contributed by atoms with Gasteiger partial charge in [-0.15, -0.1) is 0 Å². The normalized spacial score (nSPS) is 16.3. The second-order valence-electron chi connectivity index (χ2n) is 5.53. The van der Waals surface area contributed by atoms with Gasteiger partial charge in [0.05, 0.1) is 12.5 Å². The van der Waals surface area contributed by atoms with Gasteiger partial charge in [-0.3, -0.25) is 0 Å². The number of anilines is 2. The Kier molecular flexibility index (Phi) is 4.67. The Hall–Kier alpha value is -2.20. The van der Waals surface area contributed by atoms with Crippen molar-refractivity contribution >= 4 is 21.8 Å². The number of aromatic amines is 1. The molecule has 130 valence electrons. The molecule has 0 aromatic carbocycles. The summed E-state index contributed by atoms with van der Waals surface area (Å²) in [7, 11) is -3.51. The predicted octanol–water partition coefficient (Wildman–Crippen LogP) is 0.451. The zero-order chi connectivity index (χ0) is 17.2. The maximum Gasteiger partial charge on any atom is 0.260 e. The molecule has 0 bridgehead atoms. The van der Waals surface area contributed by atoms with E-state index in [9.17, 15) is 8.42 Å². The lowest BCUT2D eigenvalue weighted by Crippen LogP contribution is -2.49. The molecule has 0 atom stereocenters. The zero-order valence-corrected chi connectivity index (χ0v) is 14.5. The van der Waals surface area contributed by atoms with E-state index >= 15 is 0 Å². The monoisotopic (exact) mass is 351 g/mol. The van der Waals surface area contributed by atoms with Crippen LogP contribution in [0.25, 0.3) is 0 Å². The predicted molar refractivity (Wildman–Crippen MR) is 90.5 cm³/mol. The maximum atomic E-state index is 12.5. The second-order valence-corrected chi connectivity index (χ2v) is 7.44. The molecule has 0 unspecified atom stereocenters. The standard InChI is InChI=1S/C14H21N7O2S/c1-3-16-12-8-11(2)18-14(19-12)20-4-6-21(7-5-20)24(22,23)13-9-15-10-17-13/h8-10H,3-7H2,1-2H3,(H,15,17)(H,16,18,19). The number of aromatic nitrogens is 4. The molecule has 24 heavy (non-hydrogen) atoms. The molecular weight excluding hydrogens is 330 g/mol. The molecule has 3 heterocycles. The summed E-state index contributed by atoms with van der Waals surface area (Å²) in [5, 5.41) is 3.31. The number of hydrogen-bond donors (Lipinski definition) is 2. The number of piperazine rings is 1. The number of nitrogens with zero attached hydrogens (tertiary/aromatic N) is 5. The van der Waals surface area contributed by atoms with Crippen LogP contribution in [0.2, 0.25) is 0 Å². The highest BCUT2D eigenvalue weighted by Gasteiger charge is 2.30. The number of rotatable bonds is 5. The van der Waals surface area contributed by atoms with Gasteiger partial charge in [0.25, 0.3) is 10.0 Å². The first-order chi connectivity index (χ1) is 11.5. The van der Waals surface area contributed by atoms with Gasteiger partial charge < -0.3 is 15.2 Å². The maximum absolute atomic E-state index is 12.5. The van der Waals surface area contributed by atoms with Crippen LogP contribution < -0.4 is 10.2 Å². The molecule has 1 saturated heterocycles. The first kappa shape index (κ1) is 16.7. The van der Waals surface area contributed by atoms with Gasteiger partial charge in [0, 0.05) is 44.5 Å². The van der Waals surface area contributed by atoms with E-state index in [4.69, 9.17) is 0 Å². The van der Waals surface area contributed by atoms with Crippen molar-refractivity contribution in [1.29, 1.82) is 0 Å². The fourth-order valence-corrected chi connectivity index (χ4v) is 3.94. The largest absolute Gasteiger partial charge is 0.370 e. The summed E-state index contributed by atoms with van der Waals surface area (Å²) in [6, 6.07) is 1.89. The third-order valence-electron chi connectivity index (χ3n) is 3.81. The first-order valence-corrected chi connectivity index (χ1v) is 9.27. The van der Waals surface area contributed by atoms with Gasteiger partial charge in [0.2, 0.25) is 5.95 Å². The lowest BCUT2D eigenvalue weighted by atomic mass is 10.3. The summed E-state index contributed by atoms with van der Waals surface area (Å²) < 4.78 is 26.4. The summed E-state index contributed by atoms with van der Waals surface area (Å²) in [5.74, 6) is 1.41. The van der Waals surface area contributed by atoms with Crippen molar-refractivity contribution in [3.8, 4) is 0 Å². The van der Waals surface area contributed by atoms with Crippen LogP contribution in [0.4, 0.5) is 11.8 Å². The minimum absolute atomic E-state index is 0.122. The molecule has 2 aromatic rings. The van der Waals surface area contributed by atoms with E-state index in [0.717, 1.165) is 18.1 Å². The minimum atomic E-state index is -3.51. The number of aryl methyl sites for hydroxylation is 1. The molecule has 9 nitrogen and oxygen atoms in total. The highest BCUT2D eigenvalue weighted by atomic mass is 32.2. The van der Waals surface area contributed by atoms with E-state index < -0.39 is 10.0 Å². The highest BCUT2D eigenvalue weighted by Crippen LogP contribution is 2.19. The van der Waals surface area contributed by atoms with Crippen molar-refractivity contribution in [2.45, 2.75) is 18.9 Å². The summed E-state index contributed by atoms with van der Waals surface area (Å²) in [6.07, 6.45) is 2.69. The molecule has 0 radical (unpaired) electrons. The Bertz CT molecular complexity index is 783. The van der Waals surface area contributed by atoms with Gasteiger partial charge in [-0.1, -0.05) is 0 Å². The number of sulfonamides is 1. The topological polar surface area (TPSA) is 107 Å². The van der Waals surface area contributed by atoms with Crippen LogP contribution in [-0.2, 0) is 10.0 Å². The van der Waals surface area contributed by atoms with Gasteiger partial charge in [-0.05, 0) is 13.8 Å². The number of H-pyrrole nitrogens is 1. The Labute approximate surface area is 141 Å². The number of imidazole rings is 1. The average molecular weight is 351 g/mol. The Morgan fingerprint density at radius 2 is 2.00 bits per heavy atom. The molecule has 0 spiro atoms. The van der Waals surface area contributed by atoms with Crippen LogP contribution in [0.15, 0.2) is 23.6 Å². The van der Waals surface area contributed by atoms with Gasteiger partial charge in [-0.25, -0.2) is 18.4 Å². The van der Waals surface area contributed by atoms with Gasteiger partial charge in [0.15, 0.2) is 5.03 Å². The van der Waals surface area contributed by atoms with Gasteiger partial charge in [-0.2, -0.15) is 9.29 Å². The number of nitrogens with one attached hydrogen (secondary N) is 2. The van der Waals surface area contributed by atoms with Crippen molar-refractivity contribution in [3.05, 3.63) is 24.3 Å². The van der Waals surface area contributed by atoms with Gasteiger partial charge >= 0.3 is 0 Å². The molecule has 3 rings (SSSR count). The van der Waals surface area contributed by atoms with Crippen LogP contribution in [0, 0.1) is 6.92 Å². The molecule has 0 amide bonds. The molecule has 10 heteroatoms. The van der Waals surface area contributed by atoms with Crippen molar-refractivity contribution < 1.29 is 8.42 Å². The SMILES string of the molecule is CCNc1cc(C)nc(N2CCN(S(=O)(=O)c3cnc[nH]3)CC2)n1. The Morgan fingerprint density at radius 3 is 2.62 bits per heavy atom. The van der Waals surface area contributed by atoms with E-state index in [2.05, 4.69) is 25.3 Å². The summed E-state index contributed by atoms with van der Waals surface area (Å²) >= 11 is 0. The van der Waals surface area contributed by atoms with E-state index in [1.54, 1.807) is 0 Å². The second kappa shape index (κ2) is 6.73. The summed E-state index contributed by atoms with van der Waals surface area (Å²) in [4.78, 5) is 17.4. The smallest absolute Gasteiger partial charge is 0.260 e. The molecule has 1 fully saturated rings. The summed E-state index contributed by atoms with van der Waals surface area (Å²) in [5.41, 5.74) is 0.878. The van der Waals surface area contributed by atoms with Crippen LogP contribution in [-0.4, -0.2) is 65.4 Å². The van der Waals surface area contributed by atoms with Crippen molar-refractivity contribution in [2.75, 3.05) is 42.9 Å². The van der Waals surface area contributed by atoms with E-state index in [0.29, 0.717) is 32.1 Å². The quantitative estimate of drug-likeness (QED) is 0.805. The molecule has 2 aromatic heterocycles. The molecule has 0 aliphatic carbocycles. The fraction of sp³-hybridized carbons (Fsp3) is 0.500. The van der Waals surface area contributed by atoms with E-state index in [1.165, 1.54) is 16.8 Å². The fourth-order valence-electron chi connectivity index (χ4n) is 2.62. The Morgan fingerprint density at radius 1 is 1.25 bits per heavy atom. The first-order valence-electron chi connectivity index (χ1n) is 7.83. The molecule has 0 saturated carbocycles. The van der Waals surface area contributed by atoms with Crippen LogP contribution in [0.5, 0.6) is 0 Å². The van der Waals surface area contributed by atoms with Gasteiger partial charge in [0.1, 0.15) is 5.82 Å². The molecular formula is C14H21N7O2S. The Balaban J connectivity index is 1.71. The molecule has 2 N–H and O–H groups in total. The van der Waals surface area contributed by atoms with E-state index in [-0.39, 0.29) is 5.03 Å². The summed E-state index contributed by atoms with van der Waals surface area (Å²) in [6.45, 7) is 6.57. The lowest BCUT2D eigenvalue weighted by molar-refractivity contribution is 0.381. The van der Waals surface area contributed by atoms with Crippen molar-refractivity contribution in [1.82, 2.24) is 24.2 Å². The zero-order valence-electron chi connectivity index (χ0n) is 13.7. The van der Waals surface area contributed by atoms with Crippen molar-refractivity contribution in [3.63, 3.8) is 0 Å². The number of hydrogen-bond acceptors (Lipinski definition) is 7. The van der Waals surface area contributed by atoms with Crippen LogP contribution in [0.1, 0.15) is 12.6 Å².